The molecule has 0 bridgehead atoms. The molecular weight excluding hydrogens is 222 g/mol. The van der Waals surface area contributed by atoms with Crippen LogP contribution < -0.4 is 14.8 Å². The number of benzene rings is 1. The minimum absolute atomic E-state index is 0.0505. The van der Waals surface area contributed by atoms with Crippen molar-refractivity contribution in [2.24, 2.45) is 0 Å². The lowest BCUT2D eigenvalue weighted by Gasteiger charge is -2.07. The first-order valence-electron chi connectivity index (χ1n) is 5.40. The van der Waals surface area contributed by atoms with Crippen molar-refractivity contribution < 1.29 is 19.4 Å². The number of aliphatic hydroxyl groups excluding tert-OH is 1. The minimum Gasteiger partial charge on any atom is -0.497 e. The molecule has 0 aromatic heterocycles. The molecule has 0 unspecified atom stereocenters. The van der Waals surface area contributed by atoms with Crippen LogP contribution in [0.25, 0.3) is 0 Å². The maximum atomic E-state index is 11.2. The van der Waals surface area contributed by atoms with E-state index in [1.807, 2.05) is 0 Å². The van der Waals surface area contributed by atoms with Gasteiger partial charge in [-0.05, 0) is 24.3 Å². The number of amides is 1. The lowest BCUT2D eigenvalue weighted by molar-refractivity contribution is -0.121. The first kappa shape index (κ1) is 13.3. The van der Waals surface area contributed by atoms with Crippen LogP contribution in [0.1, 0.15) is 6.42 Å². The predicted molar refractivity (Wildman–Crippen MR) is 63.2 cm³/mol. The van der Waals surface area contributed by atoms with Crippen LogP contribution in [-0.4, -0.2) is 37.9 Å². The highest BCUT2D eigenvalue weighted by Gasteiger charge is 2.01. The summed E-state index contributed by atoms with van der Waals surface area (Å²) in [6, 6.07) is 7.15. The average molecular weight is 239 g/mol. The van der Waals surface area contributed by atoms with Gasteiger partial charge in [0.1, 0.15) is 11.5 Å². The molecule has 0 radical (unpaired) electrons. The second-order valence-electron chi connectivity index (χ2n) is 3.35. The van der Waals surface area contributed by atoms with Crippen LogP contribution in [0.15, 0.2) is 24.3 Å². The van der Waals surface area contributed by atoms with Crippen LogP contribution in [-0.2, 0) is 4.79 Å². The topological polar surface area (TPSA) is 67.8 Å². The van der Waals surface area contributed by atoms with Gasteiger partial charge in [0, 0.05) is 6.54 Å². The molecule has 1 amide bonds. The number of hydrogen-bond acceptors (Lipinski definition) is 4. The minimum atomic E-state index is -0.132. The molecule has 17 heavy (non-hydrogen) atoms. The zero-order chi connectivity index (χ0) is 12.5. The molecule has 0 atom stereocenters. The van der Waals surface area contributed by atoms with E-state index in [4.69, 9.17) is 14.6 Å². The van der Waals surface area contributed by atoms with E-state index < -0.39 is 0 Å². The smallest absolute Gasteiger partial charge is 0.223 e. The Morgan fingerprint density at radius 1 is 1.29 bits per heavy atom. The van der Waals surface area contributed by atoms with E-state index in [0.717, 1.165) is 5.75 Å². The second-order valence-corrected chi connectivity index (χ2v) is 3.35. The van der Waals surface area contributed by atoms with Gasteiger partial charge in [-0.25, -0.2) is 0 Å². The summed E-state index contributed by atoms with van der Waals surface area (Å²) in [6.07, 6.45) is 0.270. The molecule has 0 aliphatic carbocycles. The van der Waals surface area contributed by atoms with E-state index >= 15 is 0 Å². The summed E-state index contributed by atoms with van der Waals surface area (Å²) < 4.78 is 10.4. The van der Waals surface area contributed by atoms with Crippen LogP contribution in [0.4, 0.5) is 0 Å². The van der Waals surface area contributed by atoms with Gasteiger partial charge in [0.15, 0.2) is 0 Å². The van der Waals surface area contributed by atoms with E-state index in [1.54, 1.807) is 31.4 Å². The fraction of sp³-hybridized carbons (Fsp3) is 0.417. The Morgan fingerprint density at radius 3 is 2.53 bits per heavy atom. The number of carbonyl (C=O) groups is 1. The van der Waals surface area contributed by atoms with Crippen molar-refractivity contribution in [2.45, 2.75) is 6.42 Å². The van der Waals surface area contributed by atoms with Crippen molar-refractivity contribution in [1.82, 2.24) is 5.32 Å². The van der Waals surface area contributed by atoms with Crippen LogP contribution >= 0.6 is 0 Å². The molecule has 0 aliphatic rings. The summed E-state index contributed by atoms with van der Waals surface area (Å²) in [4.78, 5) is 11.2. The number of aliphatic hydroxyl groups is 1. The van der Waals surface area contributed by atoms with Crippen LogP contribution in [0.2, 0.25) is 0 Å². The van der Waals surface area contributed by atoms with Gasteiger partial charge in [-0.15, -0.1) is 0 Å². The number of carbonyl (C=O) groups excluding carboxylic acids is 1. The Hall–Kier alpha value is -1.75. The Labute approximate surface area is 100 Å². The number of hydrogen-bond donors (Lipinski definition) is 2. The zero-order valence-corrected chi connectivity index (χ0v) is 9.81. The second kappa shape index (κ2) is 7.51. The van der Waals surface area contributed by atoms with Crippen molar-refractivity contribution >= 4 is 5.91 Å². The van der Waals surface area contributed by atoms with Gasteiger partial charge in [-0.3, -0.25) is 4.79 Å². The average Bonchev–Trinajstić information content (AvgIpc) is 2.37. The van der Waals surface area contributed by atoms with Gasteiger partial charge in [-0.2, -0.15) is 0 Å². The van der Waals surface area contributed by atoms with Crippen molar-refractivity contribution in [3.63, 3.8) is 0 Å². The highest BCUT2D eigenvalue weighted by atomic mass is 16.5. The molecule has 5 heteroatoms. The molecule has 0 fully saturated rings. The Bertz CT molecular complexity index is 337. The Balaban J connectivity index is 2.23. The molecule has 5 nitrogen and oxygen atoms in total. The molecule has 0 heterocycles. The highest BCUT2D eigenvalue weighted by molar-refractivity contribution is 5.75. The maximum absolute atomic E-state index is 11.2. The fourth-order valence-electron chi connectivity index (χ4n) is 1.22. The monoisotopic (exact) mass is 239 g/mol. The summed E-state index contributed by atoms with van der Waals surface area (Å²) in [6.45, 7) is 0.538. The van der Waals surface area contributed by atoms with Crippen molar-refractivity contribution in [1.29, 1.82) is 0 Å². The molecule has 0 saturated heterocycles. The quantitative estimate of drug-likeness (QED) is 0.730. The maximum Gasteiger partial charge on any atom is 0.223 e. The van der Waals surface area contributed by atoms with E-state index in [-0.39, 0.29) is 25.5 Å². The first-order chi connectivity index (χ1) is 8.26. The molecule has 0 aliphatic heterocycles. The van der Waals surface area contributed by atoms with Crippen molar-refractivity contribution in [3.05, 3.63) is 24.3 Å². The standard InChI is InChI=1S/C12H17NO4/c1-16-10-2-4-11(5-3-10)17-9-6-12(15)13-7-8-14/h2-5,14H,6-9H2,1H3,(H,13,15). The summed E-state index contributed by atoms with van der Waals surface area (Å²) in [5.74, 6) is 1.33. The molecule has 0 saturated carbocycles. The zero-order valence-electron chi connectivity index (χ0n) is 9.81. The lowest BCUT2D eigenvalue weighted by Crippen LogP contribution is -2.27. The van der Waals surface area contributed by atoms with Crippen LogP contribution in [0, 0.1) is 0 Å². The third-order valence-corrected chi connectivity index (χ3v) is 2.09. The van der Waals surface area contributed by atoms with Gasteiger partial charge in [0.25, 0.3) is 0 Å². The number of ether oxygens (including phenoxy) is 2. The number of nitrogens with one attached hydrogen (secondary N) is 1. The largest absolute Gasteiger partial charge is 0.497 e. The summed E-state index contributed by atoms with van der Waals surface area (Å²) in [5.41, 5.74) is 0. The van der Waals surface area contributed by atoms with Gasteiger partial charge in [0.05, 0.1) is 26.7 Å². The Morgan fingerprint density at radius 2 is 1.94 bits per heavy atom. The first-order valence-corrected chi connectivity index (χ1v) is 5.40. The van der Waals surface area contributed by atoms with Crippen molar-refractivity contribution in [3.8, 4) is 11.5 Å². The highest BCUT2D eigenvalue weighted by Crippen LogP contribution is 2.16. The molecule has 0 spiro atoms. The Kier molecular flexibility index (Phi) is 5.88. The summed E-state index contributed by atoms with van der Waals surface area (Å²) in [5, 5.41) is 11.1. The molecule has 1 aromatic rings. The molecule has 2 N–H and O–H groups in total. The van der Waals surface area contributed by atoms with Gasteiger partial charge in [-0.1, -0.05) is 0 Å². The van der Waals surface area contributed by atoms with E-state index in [9.17, 15) is 4.79 Å². The number of methoxy groups -OCH3 is 1. The molecule has 94 valence electrons. The number of rotatable bonds is 7. The molecule has 1 aromatic carbocycles. The lowest BCUT2D eigenvalue weighted by atomic mass is 10.3. The normalized spacial score (nSPS) is 9.76. The molecular formula is C12H17NO4. The van der Waals surface area contributed by atoms with Crippen molar-refractivity contribution in [2.75, 3.05) is 26.9 Å². The SMILES string of the molecule is COc1ccc(OCCC(=O)NCCO)cc1. The summed E-state index contributed by atoms with van der Waals surface area (Å²) in [7, 11) is 1.60. The molecule has 1 rings (SSSR count). The third kappa shape index (κ3) is 5.21. The predicted octanol–water partition coefficient (Wildman–Crippen LogP) is 0.573. The van der Waals surface area contributed by atoms with E-state index in [2.05, 4.69) is 5.32 Å². The van der Waals surface area contributed by atoms with E-state index in [0.29, 0.717) is 12.4 Å². The summed E-state index contributed by atoms with van der Waals surface area (Å²) >= 11 is 0. The van der Waals surface area contributed by atoms with E-state index in [1.165, 1.54) is 0 Å². The third-order valence-electron chi connectivity index (χ3n) is 2.09. The van der Waals surface area contributed by atoms with Crippen LogP contribution in [0.3, 0.4) is 0 Å². The van der Waals surface area contributed by atoms with Gasteiger partial charge < -0.3 is 19.9 Å². The van der Waals surface area contributed by atoms with Gasteiger partial charge in [0.2, 0.25) is 5.91 Å². The fourth-order valence-corrected chi connectivity index (χ4v) is 1.22. The van der Waals surface area contributed by atoms with Crippen LogP contribution in [0.5, 0.6) is 11.5 Å². The van der Waals surface area contributed by atoms with Gasteiger partial charge >= 0.3 is 0 Å².